The van der Waals surface area contributed by atoms with Crippen LogP contribution in [0.4, 0.5) is 0 Å². The quantitative estimate of drug-likeness (QED) is 0.494. The smallest absolute Gasteiger partial charge is 0.246 e. The summed E-state index contributed by atoms with van der Waals surface area (Å²) >= 11 is 1.63. The SMILES string of the molecule is NC(=O)CC(O)C(O)CC(=O)NOCc1ccc(-c2ccsc2)cc1. The zero-order valence-corrected chi connectivity index (χ0v) is 14.2. The summed E-state index contributed by atoms with van der Waals surface area (Å²) in [4.78, 5) is 27.4. The maximum absolute atomic E-state index is 11.6. The highest BCUT2D eigenvalue weighted by Gasteiger charge is 2.21. The molecule has 0 fully saturated rings. The number of rotatable bonds is 9. The number of carbonyl (C=O) groups is 2. The van der Waals surface area contributed by atoms with E-state index in [1.165, 1.54) is 0 Å². The van der Waals surface area contributed by atoms with Gasteiger partial charge in [0.05, 0.1) is 31.7 Å². The van der Waals surface area contributed by atoms with Crippen molar-refractivity contribution in [2.45, 2.75) is 31.7 Å². The third-order valence-electron chi connectivity index (χ3n) is 3.48. The molecule has 7 nitrogen and oxygen atoms in total. The number of nitrogens with two attached hydrogens (primary N) is 1. The fourth-order valence-corrected chi connectivity index (χ4v) is 2.80. The van der Waals surface area contributed by atoms with Crippen molar-refractivity contribution in [3.63, 3.8) is 0 Å². The number of amides is 2. The third kappa shape index (κ3) is 6.28. The van der Waals surface area contributed by atoms with Crippen LogP contribution in [0.1, 0.15) is 18.4 Å². The van der Waals surface area contributed by atoms with Crippen LogP contribution >= 0.6 is 11.3 Å². The number of benzene rings is 1. The molecule has 2 amide bonds. The first-order valence-corrected chi connectivity index (χ1v) is 8.56. The van der Waals surface area contributed by atoms with Crippen LogP contribution < -0.4 is 11.2 Å². The van der Waals surface area contributed by atoms with E-state index in [4.69, 9.17) is 10.6 Å². The summed E-state index contributed by atoms with van der Waals surface area (Å²) in [5.41, 5.74) is 10.2. The number of hydrogen-bond donors (Lipinski definition) is 4. The third-order valence-corrected chi connectivity index (χ3v) is 4.17. The first-order valence-electron chi connectivity index (χ1n) is 7.62. The van der Waals surface area contributed by atoms with Crippen molar-refractivity contribution in [3.8, 4) is 11.1 Å². The molecule has 2 aromatic rings. The molecular weight excluding hydrogens is 344 g/mol. The molecule has 2 unspecified atom stereocenters. The number of aliphatic hydroxyl groups excluding tert-OH is 2. The monoisotopic (exact) mass is 364 g/mol. The summed E-state index contributed by atoms with van der Waals surface area (Å²) in [5.74, 6) is -1.36. The molecule has 0 saturated heterocycles. The van der Waals surface area contributed by atoms with Gasteiger partial charge in [-0.05, 0) is 33.5 Å². The normalized spacial score (nSPS) is 13.2. The first kappa shape index (κ1) is 19.1. The predicted molar refractivity (Wildman–Crippen MR) is 93.1 cm³/mol. The number of thiophene rings is 1. The van der Waals surface area contributed by atoms with Crippen molar-refractivity contribution >= 4 is 23.2 Å². The molecule has 25 heavy (non-hydrogen) atoms. The lowest BCUT2D eigenvalue weighted by Crippen LogP contribution is -2.36. The van der Waals surface area contributed by atoms with Gasteiger partial charge in [-0.25, -0.2) is 5.48 Å². The second-order valence-electron chi connectivity index (χ2n) is 5.53. The number of hydrogen-bond acceptors (Lipinski definition) is 6. The maximum Gasteiger partial charge on any atom is 0.246 e. The summed E-state index contributed by atoms with van der Waals surface area (Å²) in [6, 6.07) is 9.75. The highest BCUT2D eigenvalue weighted by molar-refractivity contribution is 7.08. The van der Waals surface area contributed by atoms with E-state index in [2.05, 4.69) is 10.9 Å². The standard InChI is InChI=1S/C17H20N2O5S/c18-16(22)7-14(20)15(21)8-17(23)19-24-9-11-1-3-12(4-2-11)13-5-6-25-10-13/h1-6,10,14-15,20-21H,7-9H2,(H2,18,22)(H,19,23). The van der Waals surface area contributed by atoms with Crippen LogP contribution in [0.3, 0.4) is 0 Å². The maximum atomic E-state index is 11.6. The molecule has 5 N–H and O–H groups in total. The Morgan fingerprint density at radius 1 is 1.08 bits per heavy atom. The van der Waals surface area contributed by atoms with E-state index in [0.29, 0.717) is 0 Å². The van der Waals surface area contributed by atoms with Crippen LogP contribution in [0.15, 0.2) is 41.1 Å². The molecule has 134 valence electrons. The summed E-state index contributed by atoms with van der Waals surface area (Å²) in [6.45, 7) is 0.162. The van der Waals surface area contributed by atoms with Crippen molar-refractivity contribution < 1.29 is 24.6 Å². The van der Waals surface area contributed by atoms with Crippen molar-refractivity contribution in [2.75, 3.05) is 0 Å². The van der Waals surface area contributed by atoms with Gasteiger partial charge in [0.15, 0.2) is 0 Å². The van der Waals surface area contributed by atoms with Crippen molar-refractivity contribution in [2.24, 2.45) is 5.73 Å². The number of primary amides is 1. The van der Waals surface area contributed by atoms with E-state index in [1.54, 1.807) is 11.3 Å². The van der Waals surface area contributed by atoms with E-state index < -0.39 is 36.9 Å². The molecule has 0 aliphatic heterocycles. The Morgan fingerprint density at radius 3 is 2.36 bits per heavy atom. The van der Waals surface area contributed by atoms with Gasteiger partial charge in [-0.1, -0.05) is 24.3 Å². The minimum Gasteiger partial charge on any atom is -0.390 e. The van der Waals surface area contributed by atoms with Gasteiger partial charge in [0, 0.05) is 0 Å². The molecule has 0 aliphatic carbocycles. The first-order chi connectivity index (χ1) is 12.0. The van der Waals surface area contributed by atoms with E-state index in [0.717, 1.165) is 16.7 Å². The van der Waals surface area contributed by atoms with Gasteiger partial charge in [0.2, 0.25) is 11.8 Å². The Bertz CT molecular complexity index is 688. The molecule has 0 radical (unpaired) electrons. The van der Waals surface area contributed by atoms with Gasteiger partial charge >= 0.3 is 0 Å². The summed E-state index contributed by atoms with van der Waals surface area (Å²) in [7, 11) is 0. The van der Waals surface area contributed by atoms with E-state index >= 15 is 0 Å². The van der Waals surface area contributed by atoms with E-state index in [-0.39, 0.29) is 6.61 Å². The topological polar surface area (TPSA) is 122 Å². The van der Waals surface area contributed by atoms with Crippen LogP contribution in [0, 0.1) is 0 Å². The zero-order chi connectivity index (χ0) is 18.2. The molecule has 0 aliphatic rings. The van der Waals surface area contributed by atoms with Gasteiger partial charge in [0.25, 0.3) is 0 Å². The highest BCUT2D eigenvalue weighted by atomic mass is 32.1. The Balaban J connectivity index is 1.73. The van der Waals surface area contributed by atoms with E-state index in [9.17, 15) is 19.8 Å². The molecule has 2 rings (SSSR count). The molecule has 1 aromatic carbocycles. The Hall–Kier alpha value is -2.26. The second kappa shape index (κ2) is 9.28. The van der Waals surface area contributed by atoms with Gasteiger partial charge in [0.1, 0.15) is 0 Å². The number of hydroxylamine groups is 1. The van der Waals surface area contributed by atoms with Gasteiger partial charge in [-0.2, -0.15) is 11.3 Å². The minimum atomic E-state index is -1.39. The van der Waals surface area contributed by atoms with Crippen molar-refractivity contribution in [1.29, 1.82) is 0 Å². The molecule has 2 atom stereocenters. The molecule has 0 bridgehead atoms. The van der Waals surface area contributed by atoms with Gasteiger partial charge in [-0.3, -0.25) is 14.4 Å². The Kier molecular flexibility index (Phi) is 7.08. The molecular formula is C17H20N2O5S. The average molecular weight is 364 g/mol. The number of carbonyl (C=O) groups excluding carboxylic acids is 2. The molecule has 1 aromatic heterocycles. The minimum absolute atomic E-state index is 0.162. The Morgan fingerprint density at radius 2 is 1.76 bits per heavy atom. The molecule has 0 saturated carbocycles. The fourth-order valence-electron chi connectivity index (χ4n) is 2.13. The lowest BCUT2D eigenvalue weighted by atomic mass is 10.1. The lowest BCUT2D eigenvalue weighted by Gasteiger charge is -2.15. The second-order valence-corrected chi connectivity index (χ2v) is 6.31. The highest BCUT2D eigenvalue weighted by Crippen LogP contribution is 2.22. The van der Waals surface area contributed by atoms with Crippen LogP contribution in [0.25, 0.3) is 11.1 Å². The number of aliphatic hydroxyl groups is 2. The Labute approximate surface area is 149 Å². The van der Waals surface area contributed by atoms with Crippen molar-refractivity contribution in [3.05, 3.63) is 46.7 Å². The summed E-state index contributed by atoms with van der Waals surface area (Å²) in [5, 5.41) is 23.1. The largest absolute Gasteiger partial charge is 0.390 e. The lowest BCUT2D eigenvalue weighted by molar-refractivity contribution is -0.139. The predicted octanol–water partition coefficient (Wildman–Crippen LogP) is 0.950. The molecule has 1 heterocycles. The van der Waals surface area contributed by atoms with Crippen LogP contribution in [-0.2, 0) is 21.0 Å². The summed E-state index contributed by atoms with van der Waals surface area (Å²) in [6.07, 6.45) is -3.58. The average Bonchev–Trinajstić information content (AvgIpc) is 3.09. The van der Waals surface area contributed by atoms with Gasteiger partial charge in [-0.15, -0.1) is 0 Å². The molecule has 8 heteroatoms. The van der Waals surface area contributed by atoms with Crippen LogP contribution in [0.2, 0.25) is 0 Å². The number of nitrogens with one attached hydrogen (secondary N) is 1. The van der Waals surface area contributed by atoms with Crippen LogP contribution in [0.5, 0.6) is 0 Å². The van der Waals surface area contributed by atoms with Crippen molar-refractivity contribution in [1.82, 2.24) is 5.48 Å². The van der Waals surface area contributed by atoms with Crippen LogP contribution in [-0.4, -0.2) is 34.2 Å². The summed E-state index contributed by atoms with van der Waals surface area (Å²) < 4.78 is 0. The van der Waals surface area contributed by atoms with Gasteiger partial charge < -0.3 is 15.9 Å². The van der Waals surface area contributed by atoms with E-state index in [1.807, 2.05) is 35.7 Å². The fraction of sp³-hybridized carbons (Fsp3) is 0.294. The zero-order valence-electron chi connectivity index (χ0n) is 13.4. The molecule has 0 spiro atoms.